The fourth-order valence-corrected chi connectivity index (χ4v) is 5.11. The number of nitrogens with zero attached hydrogens (tertiary/aromatic N) is 1. The zero-order valence-electron chi connectivity index (χ0n) is 16.9. The molecule has 1 aliphatic heterocycles. The van der Waals surface area contributed by atoms with Crippen LogP contribution in [-0.2, 0) is 14.8 Å². The van der Waals surface area contributed by atoms with Gasteiger partial charge in [0.2, 0.25) is 5.91 Å². The minimum atomic E-state index is -3.82. The van der Waals surface area contributed by atoms with Crippen LogP contribution >= 0.6 is 0 Å². The first-order valence-corrected chi connectivity index (χ1v) is 11.2. The van der Waals surface area contributed by atoms with Gasteiger partial charge in [0.05, 0.1) is 11.6 Å². The zero-order chi connectivity index (χ0) is 21.2. The van der Waals surface area contributed by atoms with E-state index < -0.39 is 15.9 Å². The Kier molecular flexibility index (Phi) is 6.07. The summed E-state index contributed by atoms with van der Waals surface area (Å²) in [5.41, 5.74) is 3.62. The molecule has 0 spiro atoms. The molecule has 2 aromatic carbocycles. The van der Waals surface area contributed by atoms with Gasteiger partial charge in [-0.05, 0) is 55.5 Å². The fraction of sp³-hybridized carbons (Fsp3) is 0.364. The molecule has 154 valence electrons. The summed E-state index contributed by atoms with van der Waals surface area (Å²) in [5, 5.41) is 3.01. The Morgan fingerprint density at radius 1 is 1.10 bits per heavy atom. The van der Waals surface area contributed by atoms with Crippen molar-refractivity contribution in [2.24, 2.45) is 0 Å². The van der Waals surface area contributed by atoms with Crippen LogP contribution in [0.15, 0.2) is 47.4 Å². The van der Waals surface area contributed by atoms with Gasteiger partial charge in [0.1, 0.15) is 4.90 Å². The number of fused-ring (bicyclic) bond motifs is 1. The van der Waals surface area contributed by atoms with Gasteiger partial charge in [0.15, 0.2) is 0 Å². The average molecular weight is 415 g/mol. The molecular weight excluding hydrogens is 388 g/mol. The number of aryl methyl sites for hydroxylation is 2. The second-order valence-electron chi connectivity index (χ2n) is 7.35. The molecule has 29 heavy (non-hydrogen) atoms. The van der Waals surface area contributed by atoms with E-state index in [-0.39, 0.29) is 41.8 Å². The third-order valence-corrected chi connectivity index (χ3v) is 7.19. The number of hydrogen-bond donors (Lipinski definition) is 1. The van der Waals surface area contributed by atoms with Gasteiger partial charge in [-0.3, -0.25) is 9.59 Å². The number of nitrogens with one attached hydrogen (secondary N) is 1. The summed E-state index contributed by atoms with van der Waals surface area (Å²) in [5.74, 6) is -0.681. The molecule has 2 amide bonds. The summed E-state index contributed by atoms with van der Waals surface area (Å²) in [7, 11) is -3.82. The molecule has 0 fully saturated rings. The average Bonchev–Trinajstić information content (AvgIpc) is 2.89. The van der Waals surface area contributed by atoms with Gasteiger partial charge in [-0.2, -0.15) is 0 Å². The van der Waals surface area contributed by atoms with Gasteiger partial charge in [-0.1, -0.05) is 37.3 Å². The van der Waals surface area contributed by atoms with Crippen molar-refractivity contribution >= 4 is 21.8 Å². The molecule has 1 aliphatic rings. The van der Waals surface area contributed by atoms with Crippen molar-refractivity contribution in [1.82, 2.24) is 9.62 Å². The lowest BCUT2D eigenvalue weighted by molar-refractivity contribution is -0.122. The van der Waals surface area contributed by atoms with E-state index >= 15 is 0 Å². The molecule has 0 radical (unpaired) electrons. The fourth-order valence-electron chi connectivity index (χ4n) is 3.50. The van der Waals surface area contributed by atoms with Crippen LogP contribution in [0, 0.1) is 13.8 Å². The van der Waals surface area contributed by atoms with Crippen LogP contribution in [0.3, 0.4) is 0 Å². The van der Waals surface area contributed by atoms with Crippen LogP contribution in [-0.4, -0.2) is 31.1 Å². The lowest BCUT2D eigenvalue weighted by Crippen LogP contribution is -2.33. The minimum Gasteiger partial charge on any atom is -0.349 e. The highest BCUT2D eigenvalue weighted by atomic mass is 32.2. The topological polar surface area (TPSA) is 83.6 Å². The molecule has 6 nitrogen and oxygen atoms in total. The van der Waals surface area contributed by atoms with Crippen molar-refractivity contribution in [2.75, 3.05) is 6.54 Å². The van der Waals surface area contributed by atoms with Gasteiger partial charge < -0.3 is 5.32 Å². The Morgan fingerprint density at radius 3 is 2.48 bits per heavy atom. The van der Waals surface area contributed by atoms with E-state index in [1.54, 1.807) is 12.1 Å². The molecule has 0 bridgehead atoms. The molecule has 2 aromatic rings. The minimum absolute atomic E-state index is 0.0102. The molecule has 1 atom stereocenters. The molecule has 7 heteroatoms. The maximum atomic E-state index is 12.5. The van der Waals surface area contributed by atoms with Crippen LogP contribution in [0.5, 0.6) is 0 Å². The van der Waals surface area contributed by atoms with Crippen molar-refractivity contribution in [1.29, 1.82) is 0 Å². The first kappa shape index (κ1) is 21.0. The molecule has 0 aromatic heterocycles. The Bertz CT molecular complexity index is 1050. The van der Waals surface area contributed by atoms with Crippen LogP contribution < -0.4 is 5.32 Å². The first-order valence-electron chi connectivity index (χ1n) is 9.78. The van der Waals surface area contributed by atoms with Crippen LogP contribution in [0.2, 0.25) is 0 Å². The molecule has 1 heterocycles. The van der Waals surface area contributed by atoms with E-state index in [0.717, 1.165) is 16.3 Å². The Morgan fingerprint density at radius 2 is 1.83 bits per heavy atom. The van der Waals surface area contributed by atoms with Crippen LogP contribution in [0.4, 0.5) is 0 Å². The first-order chi connectivity index (χ1) is 13.8. The number of sulfonamides is 1. The van der Waals surface area contributed by atoms with Crippen LogP contribution in [0.1, 0.15) is 59.3 Å². The summed E-state index contributed by atoms with van der Waals surface area (Å²) >= 11 is 0. The Hall–Kier alpha value is -2.67. The van der Waals surface area contributed by atoms with Gasteiger partial charge >= 0.3 is 0 Å². The standard InChI is InChI=1S/C22H26N2O4S/c1-4-19(17-12-11-15(2)16(3)14-17)23-21(25)10-7-13-24-22(26)18-8-5-6-9-20(18)29(24,27)28/h5-6,8-9,11-12,14,19H,4,7,10,13H2,1-3H3,(H,23,25)/t19-/m1/s1. The largest absolute Gasteiger partial charge is 0.349 e. The summed E-state index contributed by atoms with van der Waals surface area (Å²) in [6, 6.07) is 12.2. The maximum absolute atomic E-state index is 12.5. The highest BCUT2D eigenvalue weighted by Gasteiger charge is 2.40. The Labute approximate surface area is 172 Å². The highest BCUT2D eigenvalue weighted by molar-refractivity contribution is 7.90. The van der Waals surface area contributed by atoms with Gasteiger partial charge in [0, 0.05) is 13.0 Å². The predicted molar refractivity (Wildman–Crippen MR) is 111 cm³/mol. The predicted octanol–water partition coefficient (Wildman–Crippen LogP) is 3.50. The second kappa shape index (κ2) is 8.37. The second-order valence-corrected chi connectivity index (χ2v) is 9.18. The summed E-state index contributed by atoms with van der Waals surface area (Å²) in [6.07, 6.45) is 1.17. The van der Waals surface area contributed by atoms with Crippen molar-refractivity contribution < 1.29 is 18.0 Å². The molecule has 1 N–H and O–H groups in total. The number of amides is 2. The van der Waals surface area contributed by atoms with Gasteiger partial charge in [-0.15, -0.1) is 0 Å². The number of rotatable bonds is 7. The smallest absolute Gasteiger partial charge is 0.269 e. The lowest BCUT2D eigenvalue weighted by atomic mass is 9.99. The number of benzene rings is 2. The van der Waals surface area contributed by atoms with Crippen molar-refractivity contribution in [3.8, 4) is 0 Å². The summed E-state index contributed by atoms with van der Waals surface area (Å²) in [6.45, 7) is 6.08. The number of carbonyl (C=O) groups excluding carboxylic acids is 2. The maximum Gasteiger partial charge on any atom is 0.269 e. The molecule has 0 unspecified atom stereocenters. The normalized spacial score (nSPS) is 15.8. The molecule has 0 saturated carbocycles. The number of hydrogen-bond acceptors (Lipinski definition) is 4. The van der Waals surface area contributed by atoms with E-state index in [1.807, 2.05) is 32.9 Å². The quantitative estimate of drug-likeness (QED) is 0.752. The number of carbonyl (C=O) groups is 2. The molecule has 0 saturated heterocycles. The van der Waals surface area contributed by atoms with Gasteiger partial charge in [0.25, 0.3) is 15.9 Å². The van der Waals surface area contributed by atoms with E-state index in [9.17, 15) is 18.0 Å². The third-order valence-electron chi connectivity index (χ3n) is 5.35. The highest BCUT2D eigenvalue weighted by Crippen LogP contribution is 2.30. The zero-order valence-corrected chi connectivity index (χ0v) is 17.8. The van der Waals surface area contributed by atoms with Gasteiger partial charge in [-0.25, -0.2) is 12.7 Å². The monoisotopic (exact) mass is 414 g/mol. The van der Waals surface area contributed by atoms with Crippen molar-refractivity contribution in [3.05, 3.63) is 64.7 Å². The van der Waals surface area contributed by atoms with E-state index in [1.165, 1.54) is 23.3 Å². The third kappa shape index (κ3) is 4.19. The SMILES string of the molecule is CC[C@@H](NC(=O)CCCN1C(=O)c2ccccc2S1(=O)=O)c1ccc(C)c(C)c1. The summed E-state index contributed by atoms with van der Waals surface area (Å²) < 4.78 is 26.0. The van der Waals surface area contributed by atoms with E-state index in [4.69, 9.17) is 0 Å². The van der Waals surface area contributed by atoms with Crippen molar-refractivity contribution in [3.63, 3.8) is 0 Å². The molecule has 3 rings (SSSR count). The van der Waals surface area contributed by atoms with E-state index in [2.05, 4.69) is 11.4 Å². The van der Waals surface area contributed by atoms with Crippen molar-refractivity contribution in [2.45, 2.75) is 51.0 Å². The lowest BCUT2D eigenvalue weighted by Gasteiger charge is -2.19. The van der Waals surface area contributed by atoms with E-state index in [0.29, 0.717) is 0 Å². The summed E-state index contributed by atoms with van der Waals surface area (Å²) in [4.78, 5) is 24.8. The molecule has 0 aliphatic carbocycles. The molecular formula is C22H26N2O4S. The Balaban J connectivity index is 1.58. The van der Waals surface area contributed by atoms with Crippen LogP contribution in [0.25, 0.3) is 0 Å².